The minimum absolute atomic E-state index is 0.145. The standard InChI is InChI=1S/C22H25N3O5/c1-2-19(27)23-17-10-8-16(9-11-17)18(26)14-25-21(29)20(28)24(22(25)30)13-12-15-6-4-3-5-7-15/h6,8-11H,2-5,7,12-14H2,1H3,(H,23,27). The lowest BCUT2D eigenvalue weighted by molar-refractivity contribution is -0.143. The van der Waals surface area contributed by atoms with Crippen LogP contribution < -0.4 is 5.32 Å². The Kier molecular flexibility index (Phi) is 6.76. The van der Waals surface area contributed by atoms with Crippen molar-refractivity contribution in [3.63, 3.8) is 0 Å². The molecule has 0 aromatic heterocycles. The number of carbonyl (C=O) groups is 5. The van der Waals surface area contributed by atoms with Crippen LogP contribution in [0, 0.1) is 0 Å². The molecule has 1 heterocycles. The Bertz CT molecular complexity index is 904. The van der Waals surface area contributed by atoms with E-state index in [0.29, 0.717) is 23.4 Å². The maximum Gasteiger partial charge on any atom is 0.334 e. The summed E-state index contributed by atoms with van der Waals surface area (Å²) in [6.45, 7) is 1.38. The molecule has 0 bridgehead atoms. The number of anilines is 1. The van der Waals surface area contributed by atoms with Gasteiger partial charge in [0, 0.05) is 24.2 Å². The molecule has 0 radical (unpaired) electrons. The molecule has 30 heavy (non-hydrogen) atoms. The molecule has 1 aromatic rings. The van der Waals surface area contributed by atoms with Crippen molar-refractivity contribution in [1.82, 2.24) is 9.80 Å². The van der Waals surface area contributed by atoms with Gasteiger partial charge in [-0.1, -0.05) is 18.6 Å². The molecule has 1 saturated heterocycles. The van der Waals surface area contributed by atoms with E-state index >= 15 is 0 Å². The van der Waals surface area contributed by atoms with Crippen molar-refractivity contribution in [3.8, 4) is 0 Å². The van der Waals surface area contributed by atoms with Crippen LogP contribution in [0.2, 0.25) is 0 Å². The molecule has 1 N–H and O–H groups in total. The van der Waals surface area contributed by atoms with Crippen LogP contribution in [0.25, 0.3) is 0 Å². The predicted molar refractivity (Wildman–Crippen MR) is 110 cm³/mol. The van der Waals surface area contributed by atoms with Gasteiger partial charge in [-0.3, -0.25) is 24.1 Å². The summed E-state index contributed by atoms with van der Waals surface area (Å²) in [6, 6.07) is 5.41. The Labute approximate surface area is 174 Å². The molecule has 1 aromatic carbocycles. The van der Waals surface area contributed by atoms with Crippen molar-refractivity contribution in [2.45, 2.75) is 45.4 Å². The summed E-state index contributed by atoms with van der Waals surface area (Å²) in [5.41, 5.74) is 2.02. The first-order chi connectivity index (χ1) is 14.4. The highest BCUT2D eigenvalue weighted by molar-refractivity contribution is 6.45. The van der Waals surface area contributed by atoms with Gasteiger partial charge in [-0.05, 0) is 56.4 Å². The third-order valence-electron chi connectivity index (χ3n) is 5.29. The van der Waals surface area contributed by atoms with Crippen molar-refractivity contribution >= 4 is 35.2 Å². The minimum atomic E-state index is -0.974. The number of nitrogens with zero attached hydrogens (tertiary/aromatic N) is 2. The van der Waals surface area contributed by atoms with E-state index in [1.165, 1.54) is 17.7 Å². The van der Waals surface area contributed by atoms with Gasteiger partial charge in [0.25, 0.3) is 0 Å². The van der Waals surface area contributed by atoms with Crippen LogP contribution in [-0.2, 0) is 14.4 Å². The molecular formula is C22H25N3O5. The fourth-order valence-corrected chi connectivity index (χ4v) is 3.50. The Balaban J connectivity index is 1.61. The second-order valence-corrected chi connectivity index (χ2v) is 7.39. The van der Waals surface area contributed by atoms with E-state index in [0.717, 1.165) is 30.6 Å². The van der Waals surface area contributed by atoms with Gasteiger partial charge in [0.05, 0.1) is 6.54 Å². The van der Waals surface area contributed by atoms with E-state index in [-0.39, 0.29) is 18.0 Å². The van der Waals surface area contributed by atoms with Crippen molar-refractivity contribution in [2.24, 2.45) is 0 Å². The largest absolute Gasteiger partial charge is 0.334 e. The molecule has 0 unspecified atom stereocenters. The number of ketones is 1. The summed E-state index contributed by atoms with van der Waals surface area (Å²) in [5, 5.41) is 2.67. The van der Waals surface area contributed by atoms with Crippen LogP contribution in [0.4, 0.5) is 10.5 Å². The number of hydrogen-bond donors (Lipinski definition) is 1. The van der Waals surface area contributed by atoms with Crippen LogP contribution in [0.5, 0.6) is 0 Å². The summed E-state index contributed by atoms with van der Waals surface area (Å²) in [4.78, 5) is 62.6. The van der Waals surface area contributed by atoms with Gasteiger partial charge in [-0.25, -0.2) is 9.69 Å². The molecule has 158 valence electrons. The molecule has 1 aliphatic carbocycles. The topological polar surface area (TPSA) is 104 Å². The molecule has 0 atom stereocenters. The Morgan fingerprint density at radius 2 is 1.70 bits per heavy atom. The van der Waals surface area contributed by atoms with Gasteiger partial charge in [0.15, 0.2) is 5.78 Å². The zero-order chi connectivity index (χ0) is 21.7. The number of imide groups is 2. The first-order valence-corrected chi connectivity index (χ1v) is 10.2. The number of carbonyl (C=O) groups excluding carboxylic acids is 5. The van der Waals surface area contributed by atoms with Gasteiger partial charge in [-0.15, -0.1) is 0 Å². The molecule has 8 heteroatoms. The van der Waals surface area contributed by atoms with E-state index in [9.17, 15) is 24.0 Å². The summed E-state index contributed by atoms with van der Waals surface area (Å²) in [6.07, 6.45) is 7.20. The number of hydrogen-bond acceptors (Lipinski definition) is 5. The lowest BCUT2D eigenvalue weighted by atomic mass is 9.97. The lowest BCUT2D eigenvalue weighted by Crippen LogP contribution is -2.37. The zero-order valence-corrected chi connectivity index (χ0v) is 17.0. The van der Waals surface area contributed by atoms with Gasteiger partial charge in [0.2, 0.25) is 5.91 Å². The van der Waals surface area contributed by atoms with E-state index in [2.05, 4.69) is 11.4 Å². The molecule has 3 rings (SSSR count). The second-order valence-electron chi connectivity index (χ2n) is 7.39. The molecule has 5 amide bonds. The van der Waals surface area contributed by atoms with Crippen LogP contribution >= 0.6 is 0 Å². The maximum atomic E-state index is 12.6. The van der Waals surface area contributed by atoms with E-state index in [4.69, 9.17) is 0 Å². The van der Waals surface area contributed by atoms with Crippen molar-refractivity contribution in [2.75, 3.05) is 18.4 Å². The predicted octanol–water partition coefficient (Wildman–Crippen LogP) is 2.90. The Hall–Kier alpha value is -3.29. The minimum Gasteiger partial charge on any atom is -0.326 e. The molecule has 0 spiro atoms. The smallest absolute Gasteiger partial charge is 0.326 e. The fraction of sp³-hybridized carbons (Fsp3) is 0.409. The third-order valence-corrected chi connectivity index (χ3v) is 5.29. The van der Waals surface area contributed by atoms with Crippen LogP contribution in [0.3, 0.4) is 0 Å². The lowest BCUT2D eigenvalue weighted by Gasteiger charge is -2.17. The molecule has 1 aliphatic heterocycles. The summed E-state index contributed by atoms with van der Waals surface area (Å²) < 4.78 is 0. The average Bonchev–Trinajstić information content (AvgIpc) is 2.96. The molecule has 1 fully saturated rings. The van der Waals surface area contributed by atoms with E-state index < -0.39 is 30.2 Å². The summed E-state index contributed by atoms with van der Waals surface area (Å²) >= 11 is 0. The van der Waals surface area contributed by atoms with Crippen molar-refractivity contribution in [1.29, 1.82) is 0 Å². The number of rotatable bonds is 8. The molecular weight excluding hydrogens is 386 g/mol. The van der Waals surface area contributed by atoms with E-state index in [1.807, 2.05) is 0 Å². The second kappa shape index (κ2) is 9.47. The first kappa shape index (κ1) is 21.4. The van der Waals surface area contributed by atoms with Gasteiger partial charge in [0.1, 0.15) is 0 Å². The molecule has 0 saturated carbocycles. The number of amides is 5. The molecule has 2 aliphatic rings. The van der Waals surface area contributed by atoms with Crippen LogP contribution in [-0.4, -0.2) is 52.4 Å². The monoisotopic (exact) mass is 411 g/mol. The first-order valence-electron chi connectivity index (χ1n) is 10.2. The fourth-order valence-electron chi connectivity index (χ4n) is 3.50. The SMILES string of the molecule is CCC(=O)Nc1ccc(C(=O)CN2C(=O)C(=O)N(CCC3=CCCCC3)C2=O)cc1. The Morgan fingerprint density at radius 3 is 2.33 bits per heavy atom. The van der Waals surface area contributed by atoms with Crippen LogP contribution in [0.1, 0.15) is 55.8 Å². The highest BCUT2D eigenvalue weighted by Gasteiger charge is 2.44. The van der Waals surface area contributed by atoms with Crippen molar-refractivity contribution in [3.05, 3.63) is 41.5 Å². The number of Topliss-reactive ketones (excluding diaryl/α,β-unsaturated/α-hetero) is 1. The number of benzene rings is 1. The zero-order valence-electron chi connectivity index (χ0n) is 17.0. The highest BCUT2D eigenvalue weighted by Crippen LogP contribution is 2.22. The van der Waals surface area contributed by atoms with E-state index in [1.54, 1.807) is 19.1 Å². The maximum absolute atomic E-state index is 12.6. The van der Waals surface area contributed by atoms with Gasteiger partial charge < -0.3 is 5.32 Å². The Morgan fingerprint density at radius 1 is 1.00 bits per heavy atom. The van der Waals surface area contributed by atoms with Crippen molar-refractivity contribution < 1.29 is 24.0 Å². The third kappa shape index (κ3) is 4.82. The highest BCUT2D eigenvalue weighted by atomic mass is 16.2. The van der Waals surface area contributed by atoms with Gasteiger partial charge in [-0.2, -0.15) is 0 Å². The molecule has 8 nitrogen and oxygen atoms in total. The summed E-state index contributed by atoms with van der Waals surface area (Å²) in [7, 11) is 0. The normalized spacial score (nSPS) is 16.7. The van der Waals surface area contributed by atoms with Crippen LogP contribution in [0.15, 0.2) is 35.9 Å². The quantitative estimate of drug-likeness (QED) is 0.307. The summed E-state index contributed by atoms with van der Waals surface area (Å²) in [5.74, 6) is -2.47. The van der Waals surface area contributed by atoms with Gasteiger partial charge >= 0.3 is 17.8 Å². The number of nitrogens with one attached hydrogen (secondary N) is 1. The number of allylic oxidation sites excluding steroid dienone is 1. The average molecular weight is 411 g/mol. The number of urea groups is 1.